The number of nitrogens with one attached hydrogen (secondary N) is 1. The number of nitriles is 1. The van der Waals surface area contributed by atoms with Crippen LogP contribution in [0.4, 0.5) is 5.00 Å². The molecule has 26 heavy (non-hydrogen) atoms. The van der Waals surface area contributed by atoms with E-state index >= 15 is 0 Å². The minimum absolute atomic E-state index is 0.0669. The number of fused-ring (bicyclic) bond motifs is 1. The highest BCUT2D eigenvalue weighted by Gasteiger charge is 2.24. The molecule has 0 saturated heterocycles. The molecule has 0 unspecified atom stereocenters. The van der Waals surface area contributed by atoms with Gasteiger partial charge in [0.25, 0.3) is 0 Å². The van der Waals surface area contributed by atoms with Crippen LogP contribution in [0, 0.1) is 24.2 Å². The number of benzene rings is 1. The first kappa shape index (κ1) is 18.6. The molecule has 0 fully saturated rings. The number of likely N-dealkylation sites (N-methyl/N-ethyl adjacent to an activating group) is 1. The zero-order chi connectivity index (χ0) is 18.7. The van der Waals surface area contributed by atoms with Crippen molar-refractivity contribution >= 4 is 22.2 Å². The lowest BCUT2D eigenvalue weighted by Crippen LogP contribution is -2.29. The predicted molar refractivity (Wildman–Crippen MR) is 106 cm³/mol. The Morgan fingerprint density at radius 2 is 2.12 bits per heavy atom. The molecule has 0 saturated carbocycles. The van der Waals surface area contributed by atoms with Gasteiger partial charge in [0.1, 0.15) is 11.1 Å². The molecule has 4 nitrogen and oxygen atoms in total. The van der Waals surface area contributed by atoms with Gasteiger partial charge in [0, 0.05) is 11.4 Å². The van der Waals surface area contributed by atoms with Gasteiger partial charge in [-0.15, -0.1) is 11.3 Å². The molecule has 1 aliphatic carbocycles. The summed E-state index contributed by atoms with van der Waals surface area (Å²) < 4.78 is 0. The van der Waals surface area contributed by atoms with Gasteiger partial charge in [-0.05, 0) is 50.3 Å². The van der Waals surface area contributed by atoms with E-state index in [1.54, 1.807) is 11.3 Å². The van der Waals surface area contributed by atoms with Crippen LogP contribution in [0.15, 0.2) is 24.3 Å². The van der Waals surface area contributed by atoms with Crippen molar-refractivity contribution in [1.29, 1.82) is 5.26 Å². The van der Waals surface area contributed by atoms with Crippen LogP contribution >= 0.6 is 11.3 Å². The summed E-state index contributed by atoms with van der Waals surface area (Å²) in [6.07, 6.45) is 3.07. The number of nitrogens with zero attached hydrogens (tertiary/aromatic N) is 2. The minimum atomic E-state index is -0.0669. The first-order chi connectivity index (χ1) is 12.5. The second kappa shape index (κ2) is 8.03. The van der Waals surface area contributed by atoms with Crippen LogP contribution in [0.5, 0.6) is 0 Å². The summed E-state index contributed by atoms with van der Waals surface area (Å²) in [5, 5.41) is 13.2. The van der Waals surface area contributed by atoms with E-state index in [2.05, 4.69) is 49.5 Å². The number of amides is 1. The van der Waals surface area contributed by atoms with Crippen molar-refractivity contribution in [2.75, 3.05) is 18.9 Å². The molecule has 2 aromatic rings. The van der Waals surface area contributed by atoms with E-state index in [-0.39, 0.29) is 5.91 Å². The molecule has 1 heterocycles. The van der Waals surface area contributed by atoms with Crippen molar-refractivity contribution in [1.82, 2.24) is 4.90 Å². The molecule has 0 bridgehead atoms. The largest absolute Gasteiger partial charge is 0.315 e. The molecule has 5 heteroatoms. The van der Waals surface area contributed by atoms with Gasteiger partial charge in [0.2, 0.25) is 5.91 Å². The number of aryl methyl sites for hydroxylation is 1. The number of carbonyl (C=O) groups excluding carboxylic acids is 1. The second-order valence-corrected chi connectivity index (χ2v) is 8.48. The highest BCUT2D eigenvalue weighted by Crippen LogP contribution is 2.39. The molecule has 3 rings (SSSR count). The van der Waals surface area contributed by atoms with Crippen LogP contribution in [0.2, 0.25) is 0 Å². The number of thiophene rings is 1. The molecule has 1 atom stereocenters. The molecular formula is C21H25N3OS. The Morgan fingerprint density at radius 3 is 2.81 bits per heavy atom. The van der Waals surface area contributed by atoms with Gasteiger partial charge in [-0.25, -0.2) is 0 Å². The highest BCUT2D eigenvalue weighted by molar-refractivity contribution is 7.16. The van der Waals surface area contributed by atoms with E-state index in [9.17, 15) is 10.1 Å². The lowest BCUT2D eigenvalue weighted by molar-refractivity contribution is -0.117. The van der Waals surface area contributed by atoms with Crippen molar-refractivity contribution < 1.29 is 4.79 Å². The first-order valence-electron chi connectivity index (χ1n) is 9.05. The smallest absolute Gasteiger partial charge is 0.239 e. The molecule has 0 aliphatic heterocycles. The van der Waals surface area contributed by atoms with Crippen molar-refractivity contribution in [2.24, 2.45) is 5.92 Å². The van der Waals surface area contributed by atoms with Crippen molar-refractivity contribution in [2.45, 2.75) is 39.7 Å². The predicted octanol–water partition coefficient (Wildman–Crippen LogP) is 4.12. The van der Waals surface area contributed by atoms with E-state index in [0.29, 0.717) is 18.0 Å². The van der Waals surface area contributed by atoms with Gasteiger partial charge in [-0.1, -0.05) is 36.8 Å². The fourth-order valence-corrected chi connectivity index (χ4v) is 4.81. The van der Waals surface area contributed by atoms with Crippen molar-refractivity contribution in [3.8, 4) is 6.07 Å². The Morgan fingerprint density at radius 1 is 1.38 bits per heavy atom. The van der Waals surface area contributed by atoms with Crippen LogP contribution in [-0.2, 0) is 24.2 Å². The fourth-order valence-electron chi connectivity index (χ4n) is 3.43. The Bertz CT molecular complexity index is 832. The normalized spacial score (nSPS) is 16.2. The van der Waals surface area contributed by atoms with E-state index < -0.39 is 0 Å². The van der Waals surface area contributed by atoms with Crippen LogP contribution in [-0.4, -0.2) is 24.4 Å². The maximum atomic E-state index is 12.5. The number of hydrogen-bond donors (Lipinski definition) is 1. The summed E-state index contributed by atoms with van der Waals surface area (Å²) in [4.78, 5) is 15.7. The van der Waals surface area contributed by atoms with Gasteiger partial charge >= 0.3 is 0 Å². The van der Waals surface area contributed by atoms with Gasteiger partial charge in [-0.3, -0.25) is 9.69 Å². The molecule has 1 aromatic carbocycles. The summed E-state index contributed by atoms with van der Waals surface area (Å²) in [5.41, 5.74) is 4.24. The molecular weight excluding hydrogens is 342 g/mol. The summed E-state index contributed by atoms with van der Waals surface area (Å²) in [5.74, 6) is 0.583. The average molecular weight is 368 g/mol. The lowest BCUT2D eigenvalue weighted by atomic mass is 9.89. The van der Waals surface area contributed by atoms with Crippen LogP contribution < -0.4 is 5.32 Å². The minimum Gasteiger partial charge on any atom is -0.315 e. The van der Waals surface area contributed by atoms with Crippen molar-refractivity contribution in [3.05, 3.63) is 51.4 Å². The monoisotopic (exact) mass is 367 g/mol. The molecule has 1 aromatic heterocycles. The Hall–Kier alpha value is -2.16. The first-order valence-corrected chi connectivity index (χ1v) is 9.86. The summed E-state index contributed by atoms with van der Waals surface area (Å²) in [6, 6.07) is 10.6. The fraction of sp³-hybridized carbons (Fsp3) is 0.429. The molecule has 1 aliphatic rings. The molecule has 0 radical (unpaired) electrons. The maximum Gasteiger partial charge on any atom is 0.239 e. The topological polar surface area (TPSA) is 56.1 Å². The van der Waals surface area contributed by atoms with Gasteiger partial charge in [0.05, 0.1) is 12.1 Å². The Balaban J connectivity index is 1.63. The number of rotatable bonds is 5. The molecule has 1 amide bonds. The van der Waals surface area contributed by atoms with Gasteiger partial charge < -0.3 is 5.32 Å². The zero-order valence-electron chi connectivity index (χ0n) is 15.6. The van der Waals surface area contributed by atoms with E-state index in [1.165, 1.54) is 16.0 Å². The third-order valence-electron chi connectivity index (χ3n) is 4.86. The third-order valence-corrected chi connectivity index (χ3v) is 6.03. The Labute approximate surface area is 159 Å². The van der Waals surface area contributed by atoms with Crippen LogP contribution in [0.1, 0.15) is 40.5 Å². The lowest BCUT2D eigenvalue weighted by Gasteiger charge is -2.17. The Kier molecular flexibility index (Phi) is 5.75. The van der Waals surface area contributed by atoms with Gasteiger partial charge in [0.15, 0.2) is 0 Å². The zero-order valence-corrected chi connectivity index (χ0v) is 16.4. The van der Waals surface area contributed by atoms with Crippen LogP contribution in [0.25, 0.3) is 0 Å². The number of anilines is 1. The molecule has 1 N–H and O–H groups in total. The van der Waals surface area contributed by atoms with Crippen LogP contribution in [0.3, 0.4) is 0 Å². The molecule has 0 spiro atoms. The quantitative estimate of drug-likeness (QED) is 0.865. The second-order valence-electron chi connectivity index (χ2n) is 7.37. The average Bonchev–Trinajstić information content (AvgIpc) is 2.92. The summed E-state index contributed by atoms with van der Waals surface area (Å²) >= 11 is 1.58. The molecule has 136 valence electrons. The van der Waals surface area contributed by atoms with E-state index in [4.69, 9.17) is 0 Å². The van der Waals surface area contributed by atoms with E-state index in [0.717, 1.165) is 36.4 Å². The number of carbonyl (C=O) groups is 1. The van der Waals surface area contributed by atoms with Gasteiger partial charge in [-0.2, -0.15) is 5.26 Å². The maximum absolute atomic E-state index is 12.5. The highest BCUT2D eigenvalue weighted by atomic mass is 32.1. The standard InChI is InChI=1S/C21H25N3OS/c1-14-4-7-16(8-5-14)12-24(3)13-20(25)23-21-18(11-22)17-9-6-15(2)10-19(17)26-21/h4-5,7-8,15H,6,9-10,12-13H2,1-3H3,(H,23,25)/t15-/m1/s1. The summed E-state index contributed by atoms with van der Waals surface area (Å²) in [6.45, 7) is 5.33. The SMILES string of the molecule is Cc1ccc(CN(C)CC(=O)Nc2sc3c(c2C#N)CC[C@@H](C)C3)cc1. The third kappa shape index (κ3) is 4.32. The number of hydrogen-bond acceptors (Lipinski definition) is 4. The summed E-state index contributed by atoms with van der Waals surface area (Å²) in [7, 11) is 1.94. The van der Waals surface area contributed by atoms with E-state index in [1.807, 2.05) is 11.9 Å². The van der Waals surface area contributed by atoms with Crippen molar-refractivity contribution in [3.63, 3.8) is 0 Å².